The minimum absolute atomic E-state index is 0.414. The molecule has 0 saturated heterocycles. The Morgan fingerprint density at radius 3 is 1.38 bits per heavy atom. The van der Waals surface area contributed by atoms with Crippen LogP contribution in [0.15, 0.2) is 97.1 Å². The van der Waals surface area contributed by atoms with Gasteiger partial charge in [0.25, 0.3) is 0 Å². The van der Waals surface area contributed by atoms with Crippen molar-refractivity contribution in [2.75, 3.05) is 18.8 Å². The van der Waals surface area contributed by atoms with E-state index in [2.05, 4.69) is 0 Å². The highest BCUT2D eigenvalue weighted by atomic mass is 31.2. The second kappa shape index (κ2) is 9.05. The number of hydrogen-bond donors (Lipinski definition) is 0. The van der Waals surface area contributed by atoms with Crippen molar-refractivity contribution in [3.8, 4) is 5.75 Å². The predicted octanol–water partition coefficient (Wildman–Crippen LogP) is 5.46. The van der Waals surface area contributed by atoms with Crippen molar-refractivity contribution in [1.82, 2.24) is 0 Å². The average Bonchev–Trinajstić information content (AvgIpc) is 2.80. The van der Waals surface area contributed by atoms with Crippen LogP contribution < -0.4 is 25.3 Å². The van der Waals surface area contributed by atoms with Crippen LogP contribution in [0.3, 0.4) is 0 Å². The summed E-state index contributed by atoms with van der Waals surface area (Å²) >= 11 is 0. The molecule has 0 radical (unpaired) electrons. The fraction of sp³-hybridized carbons (Fsp3) is 0.0769. The molecule has 32 heavy (non-hydrogen) atoms. The number of hydrogen-bond acceptors (Lipinski definition) is 2. The molecule has 0 atom stereocenters. The third kappa shape index (κ3) is 3.96. The van der Waals surface area contributed by atoms with Gasteiger partial charge >= 0.3 is 0 Å². The maximum absolute atomic E-state index is 14.5. The highest BCUT2D eigenvalue weighted by molar-refractivity contribution is 7.96. The zero-order chi connectivity index (χ0) is 22.7. The monoisotopic (exact) mass is 452 g/mol. The molecule has 4 rings (SSSR count). The van der Waals surface area contributed by atoms with Gasteiger partial charge in [0, 0.05) is 25.2 Å². The first-order chi connectivity index (χ1) is 15.4. The van der Waals surface area contributed by atoms with Gasteiger partial charge in [-0.15, -0.1) is 0 Å². The molecule has 0 aliphatic heterocycles. The number of benzene rings is 4. The van der Waals surface area contributed by atoms with E-state index in [1.54, 1.807) is 25.3 Å². The normalized spacial score (nSPS) is 11.3. The van der Waals surface area contributed by atoms with E-state index in [9.17, 15) is 13.2 Å². The van der Waals surface area contributed by atoms with Crippen LogP contribution in [-0.4, -0.2) is 14.2 Å². The summed E-state index contributed by atoms with van der Waals surface area (Å²) in [6, 6.07) is 26.2. The zero-order valence-corrected chi connectivity index (χ0v) is 18.6. The average molecular weight is 452 g/mol. The number of methoxy groups -OCH3 is 1. The molecule has 0 bridgehead atoms. The molecule has 4 aromatic rings. The standard InChI is InChI=1S/C26H22F3NOP/c1-30(22-12-14-23(31-2)15-13-22)32(24-9-3-6-19(27)16-24,25-10-4-7-20(28)17-25)26-11-5-8-21(29)18-26/h3-18H,1-2H3/q+1. The highest BCUT2D eigenvalue weighted by Gasteiger charge is 2.51. The Hall–Kier alpha value is -3.30. The molecule has 0 aliphatic carbocycles. The molecule has 162 valence electrons. The third-order valence-corrected chi connectivity index (χ3v) is 9.65. The Morgan fingerprint density at radius 1 is 0.625 bits per heavy atom. The minimum atomic E-state index is -2.90. The van der Waals surface area contributed by atoms with Crippen LogP contribution in [0.25, 0.3) is 0 Å². The van der Waals surface area contributed by atoms with Gasteiger partial charge in [-0.25, -0.2) is 17.8 Å². The van der Waals surface area contributed by atoms with Gasteiger partial charge in [0.2, 0.25) is 7.41 Å². The predicted molar refractivity (Wildman–Crippen MR) is 126 cm³/mol. The number of nitrogens with zero attached hydrogens (tertiary/aromatic N) is 1. The SMILES string of the molecule is COc1ccc(N(C)[P+](c2cccc(F)c2)(c2cccc(F)c2)c2cccc(F)c2)cc1. The maximum Gasteiger partial charge on any atom is 0.202 e. The van der Waals surface area contributed by atoms with Gasteiger partial charge in [-0.2, -0.15) is 0 Å². The Labute approximate surface area is 186 Å². The van der Waals surface area contributed by atoms with Gasteiger partial charge in [-0.05, 0) is 60.7 Å². The van der Waals surface area contributed by atoms with Crippen LogP contribution in [0.5, 0.6) is 5.75 Å². The smallest absolute Gasteiger partial charge is 0.202 e. The molecule has 0 heterocycles. The minimum Gasteiger partial charge on any atom is -0.497 e. The van der Waals surface area contributed by atoms with E-state index in [4.69, 9.17) is 4.74 Å². The first-order valence-electron chi connectivity index (χ1n) is 10.0. The van der Waals surface area contributed by atoms with E-state index in [0.29, 0.717) is 21.7 Å². The van der Waals surface area contributed by atoms with Crippen LogP contribution in [0.4, 0.5) is 18.9 Å². The quantitative estimate of drug-likeness (QED) is 0.361. The maximum atomic E-state index is 14.5. The summed E-state index contributed by atoms with van der Waals surface area (Å²) in [5.74, 6) is -0.554. The van der Waals surface area contributed by atoms with Gasteiger partial charge in [0.15, 0.2) is 0 Å². The summed E-state index contributed by atoms with van der Waals surface area (Å²) in [5.41, 5.74) is 0.803. The first kappa shape index (κ1) is 21.9. The van der Waals surface area contributed by atoms with Crippen LogP contribution in [0.2, 0.25) is 0 Å². The number of ether oxygens (including phenoxy) is 1. The number of rotatable bonds is 6. The fourth-order valence-corrected chi connectivity index (χ4v) is 8.22. The molecule has 4 aromatic carbocycles. The summed E-state index contributed by atoms with van der Waals surface area (Å²) in [5, 5.41) is 1.94. The van der Waals surface area contributed by atoms with E-state index in [1.165, 1.54) is 36.4 Å². The Balaban J connectivity index is 2.08. The fourth-order valence-electron chi connectivity index (χ4n) is 3.97. The molecule has 0 fully saturated rings. The summed E-state index contributed by atoms with van der Waals surface area (Å²) < 4.78 is 50.7. The molecule has 2 nitrogen and oxygen atoms in total. The van der Waals surface area contributed by atoms with Crippen molar-refractivity contribution < 1.29 is 17.9 Å². The van der Waals surface area contributed by atoms with Crippen LogP contribution >= 0.6 is 7.41 Å². The van der Waals surface area contributed by atoms with E-state index < -0.39 is 24.9 Å². The molecular weight excluding hydrogens is 430 g/mol. The lowest BCUT2D eigenvalue weighted by molar-refractivity contribution is 0.415. The van der Waals surface area contributed by atoms with Gasteiger partial charge in [0.05, 0.1) is 12.8 Å². The van der Waals surface area contributed by atoms with Crippen molar-refractivity contribution in [3.05, 3.63) is 115 Å². The molecule has 0 saturated carbocycles. The van der Waals surface area contributed by atoms with Gasteiger partial charge in [-0.3, -0.25) is 0 Å². The number of halogens is 3. The lowest BCUT2D eigenvalue weighted by atomic mass is 10.3. The Kier molecular flexibility index (Phi) is 6.20. The van der Waals surface area contributed by atoms with Crippen molar-refractivity contribution >= 4 is 29.0 Å². The van der Waals surface area contributed by atoms with Crippen molar-refractivity contribution in [2.45, 2.75) is 0 Å². The van der Waals surface area contributed by atoms with Crippen molar-refractivity contribution in [1.29, 1.82) is 0 Å². The molecule has 0 aromatic heterocycles. The van der Waals surface area contributed by atoms with E-state index >= 15 is 0 Å². The van der Waals surface area contributed by atoms with Gasteiger partial charge in [-0.1, -0.05) is 18.2 Å². The molecule has 0 unspecified atom stereocenters. The van der Waals surface area contributed by atoms with Crippen molar-refractivity contribution in [2.24, 2.45) is 0 Å². The third-order valence-electron chi connectivity index (χ3n) is 5.44. The zero-order valence-electron chi connectivity index (χ0n) is 17.7. The lowest BCUT2D eigenvalue weighted by Gasteiger charge is -2.35. The second-order valence-corrected chi connectivity index (χ2v) is 10.7. The summed E-state index contributed by atoms with van der Waals surface area (Å²) in [6.45, 7) is 0. The molecular formula is C26H22F3NOP+. The lowest BCUT2D eigenvalue weighted by Crippen LogP contribution is -2.42. The van der Waals surface area contributed by atoms with E-state index in [-0.39, 0.29) is 0 Å². The van der Waals surface area contributed by atoms with Crippen LogP contribution in [-0.2, 0) is 0 Å². The topological polar surface area (TPSA) is 12.5 Å². The Bertz CT molecular complexity index is 1120. The molecule has 6 heteroatoms. The molecule has 0 aliphatic rings. The summed E-state index contributed by atoms with van der Waals surface area (Å²) in [4.78, 5) is 0. The molecule has 0 N–H and O–H groups in total. The van der Waals surface area contributed by atoms with E-state index in [0.717, 1.165) is 5.69 Å². The highest BCUT2D eigenvalue weighted by Crippen LogP contribution is 2.59. The second-order valence-electron chi connectivity index (χ2n) is 7.30. The summed E-state index contributed by atoms with van der Waals surface area (Å²) in [7, 11) is 0.559. The number of anilines is 1. The largest absolute Gasteiger partial charge is 0.497 e. The first-order valence-corrected chi connectivity index (χ1v) is 11.7. The molecule has 0 amide bonds. The molecule has 0 spiro atoms. The Morgan fingerprint density at radius 2 is 1.03 bits per heavy atom. The van der Waals surface area contributed by atoms with Crippen LogP contribution in [0.1, 0.15) is 0 Å². The van der Waals surface area contributed by atoms with Gasteiger partial charge in [0.1, 0.15) is 39.1 Å². The van der Waals surface area contributed by atoms with Gasteiger partial charge < -0.3 is 4.74 Å². The van der Waals surface area contributed by atoms with Crippen LogP contribution in [0, 0.1) is 17.5 Å². The summed E-state index contributed by atoms with van der Waals surface area (Å²) in [6.07, 6.45) is 0. The van der Waals surface area contributed by atoms with E-state index in [1.807, 2.05) is 54.2 Å². The van der Waals surface area contributed by atoms with Crippen molar-refractivity contribution in [3.63, 3.8) is 0 Å².